The predicted molar refractivity (Wildman–Crippen MR) is 99.6 cm³/mol. The van der Waals surface area contributed by atoms with Crippen molar-refractivity contribution in [2.75, 3.05) is 6.61 Å². The summed E-state index contributed by atoms with van der Waals surface area (Å²) in [6, 6.07) is 4.86. The van der Waals surface area contributed by atoms with E-state index in [-0.39, 0.29) is 0 Å². The zero-order chi connectivity index (χ0) is 16.9. The van der Waals surface area contributed by atoms with Crippen LogP contribution in [0.25, 0.3) is 0 Å². The van der Waals surface area contributed by atoms with Gasteiger partial charge in [-0.25, -0.2) is 0 Å². The normalized spacial score (nSPS) is 13.2. The Hall–Kier alpha value is -0.479. The van der Waals surface area contributed by atoms with Crippen molar-refractivity contribution in [3.63, 3.8) is 0 Å². The molecule has 0 aliphatic carbocycles. The van der Waals surface area contributed by atoms with E-state index >= 15 is 0 Å². The molecule has 0 unspecified atom stereocenters. The highest BCUT2D eigenvalue weighted by atomic mass is 28.5. The molecule has 126 valence electrons. The van der Waals surface area contributed by atoms with Crippen molar-refractivity contribution in [2.45, 2.75) is 58.3 Å². The number of hydrogen-bond donors (Lipinski definition) is 0. The van der Waals surface area contributed by atoms with E-state index in [4.69, 9.17) is 13.0 Å². The Morgan fingerprint density at radius 3 is 2.05 bits per heavy atom. The van der Waals surface area contributed by atoms with Crippen LogP contribution in [0.1, 0.15) is 6.42 Å². The summed E-state index contributed by atoms with van der Waals surface area (Å²) in [4.78, 5) is 3.98. The second kappa shape index (κ2) is 7.87. The molecule has 0 atom stereocenters. The average molecular weight is 358 g/mol. The topological polar surface area (TPSA) is 40.6 Å². The number of aromatic nitrogens is 1. The van der Waals surface area contributed by atoms with E-state index in [0.717, 1.165) is 24.8 Å². The fraction of sp³-hybridized carbons (Fsp3) is 0.667. The van der Waals surface area contributed by atoms with Gasteiger partial charge in [0, 0.05) is 12.4 Å². The van der Waals surface area contributed by atoms with Crippen LogP contribution in [0, 0.1) is 0 Å². The van der Waals surface area contributed by atoms with Crippen molar-refractivity contribution < 1.29 is 13.0 Å². The highest BCUT2D eigenvalue weighted by molar-refractivity contribution is 6.87. The van der Waals surface area contributed by atoms with Crippen molar-refractivity contribution >= 4 is 25.2 Å². The molecule has 0 aromatic carbocycles. The van der Waals surface area contributed by atoms with Crippen molar-refractivity contribution in [2.24, 2.45) is 0 Å². The van der Waals surface area contributed by atoms with Gasteiger partial charge in [0.2, 0.25) is 0 Å². The molecular weight excluding hydrogens is 326 g/mol. The van der Waals surface area contributed by atoms with E-state index in [1.54, 1.807) is 12.4 Å². The van der Waals surface area contributed by atoms with Crippen molar-refractivity contribution in [3.05, 3.63) is 24.5 Å². The predicted octanol–water partition coefficient (Wildman–Crippen LogP) is 4.63. The Balaban J connectivity index is 2.37. The molecular formula is C15H31NO3Si3. The van der Waals surface area contributed by atoms with Gasteiger partial charge in [-0.15, -0.1) is 0 Å². The summed E-state index contributed by atoms with van der Waals surface area (Å²) in [5.41, 5.74) is 0. The van der Waals surface area contributed by atoms with Crippen LogP contribution in [0.4, 0.5) is 0 Å². The monoisotopic (exact) mass is 357 g/mol. The van der Waals surface area contributed by atoms with Gasteiger partial charge in [0.25, 0.3) is 0 Å². The fourth-order valence-corrected chi connectivity index (χ4v) is 15.8. The van der Waals surface area contributed by atoms with Crippen LogP contribution in [0.15, 0.2) is 24.5 Å². The van der Waals surface area contributed by atoms with Gasteiger partial charge in [0.1, 0.15) is 5.75 Å². The third-order valence-corrected chi connectivity index (χ3v) is 13.1. The lowest BCUT2D eigenvalue weighted by atomic mass is 10.4. The minimum atomic E-state index is -2.02. The van der Waals surface area contributed by atoms with Crippen LogP contribution < -0.4 is 4.74 Å². The molecule has 4 nitrogen and oxygen atoms in total. The molecule has 0 fully saturated rings. The molecule has 0 radical (unpaired) electrons. The molecule has 1 aromatic heterocycles. The number of pyridine rings is 1. The molecule has 1 aromatic rings. The fourth-order valence-electron chi connectivity index (χ4n) is 2.60. The van der Waals surface area contributed by atoms with Crippen molar-refractivity contribution in [3.8, 4) is 5.75 Å². The summed E-state index contributed by atoms with van der Waals surface area (Å²) >= 11 is 0. The highest BCUT2D eigenvalue weighted by Gasteiger charge is 2.37. The van der Waals surface area contributed by atoms with E-state index < -0.39 is 25.2 Å². The summed E-state index contributed by atoms with van der Waals surface area (Å²) in [6.45, 7) is 16.3. The number of nitrogens with zero attached hydrogens (tertiary/aromatic N) is 1. The lowest BCUT2D eigenvalue weighted by Crippen LogP contribution is -2.51. The van der Waals surface area contributed by atoms with Gasteiger partial charge in [-0.2, -0.15) is 0 Å². The first-order valence-corrected chi connectivity index (χ1v) is 17.3. The van der Waals surface area contributed by atoms with Crippen molar-refractivity contribution in [1.29, 1.82) is 0 Å². The number of rotatable bonds is 9. The van der Waals surface area contributed by atoms with Gasteiger partial charge in [-0.1, -0.05) is 0 Å². The maximum atomic E-state index is 6.48. The van der Waals surface area contributed by atoms with Crippen LogP contribution in [0.2, 0.25) is 51.9 Å². The summed E-state index contributed by atoms with van der Waals surface area (Å²) in [5, 5.41) is 0. The maximum Gasteiger partial charge on any atom is 0.311 e. The first-order chi connectivity index (χ1) is 9.99. The Morgan fingerprint density at radius 2 is 1.50 bits per heavy atom. The van der Waals surface area contributed by atoms with Gasteiger partial charge in [0.05, 0.1) is 6.61 Å². The van der Waals surface area contributed by atoms with Gasteiger partial charge in [-0.3, -0.25) is 4.98 Å². The van der Waals surface area contributed by atoms with Gasteiger partial charge >= 0.3 is 8.56 Å². The molecule has 0 N–H and O–H groups in total. The Bertz CT molecular complexity index is 447. The molecule has 0 aliphatic rings. The molecule has 1 heterocycles. The quantitative estimate of drug-likeness (QED) is 0.477. The molecule has 0 aliphatic heterocycles. The first-order valence-electron chi connectivity index (χ1n) is 7.92. The minimum absolute atomic E-state index is 0.723. The Morgan fingerprint density at radius 1 is 0.909 bits per heavy atom. The number of ether oxygens (including phenoxy) is 1. The zero-order valence-electron chi connectivity index (χ0n) is 15.1. The molecule has 0 spiro atoms. The summed E-state index contributed by atoms with van der Waals surface area (Å²) in [6.07, 6.45) is 4.51. The maximum absolute atomic E-state index is 6.48. The Labute approximate surface area is 138 Å². The second-order valence-corrected chi connectivity index (χ2v) is 20.3. The lowest BCUT2D eigenvalue weighted by molar-refractivity contribution is 0.312. The van der Waals surface area contributed by atoms with Crippen LogP contribution in [-0.2, 0) is 8.23 Å². The van der Waals surface area contributed by atoms with Gasteiger partial charge < -0.3 is 13.0 Å². The largest absolute Gasteiger partial charge is 0.493 e. The van der Waals surface area contributed by atoms with Crippen LogP contribution in [-0.4, -0.2) is 36.8 Å². The summed E-state index contributed by atoms with van der Waals surface area (Å²) < 4.78 is 18.5. The molecule has 0 saturated heterocycles. The standard InChI is InChI=1S/C15H31NO3Si3/c1-20(2,3)18-22(6,7)19-21(4,5)14-8-13-17-15-9-11-16-12-10-15/h9-12H,8,13-14H2,1-7H3. The van der Waals surface area contributed by atoms with Crippen LogP contribution in [0.5, 0.6) is 5.75 Å². The van der Waals surface area contributed by atoms with Gasteiger partial charge in [0.15, 0.2) is 16.6 Å². The Kier molecular flexibility index (Phi) is 7.00. The highest BCUT2D eigenvalue weighted by Crippen LogP contribution is 2.23. The third kappa shape index (κ3) is 8.84. The van der Waals surface area contributed by atoms with E-state index in [0.29, 0.717) is 0 Å². The molecule has 7 heteroatoms. The first kappa shape index (κ1) is 19.6. The third-order valence-electron chi connectivity index (χ3n) is 2.92. The van der Waals surface area contributed by atoms with E-state index in [1.165, 1.54) is 0 Å². The SMILES string of the molecule is C[Si](C)(C)O[Si](C)(C)O[Si](C)(C)CCCOc1ccncc1. The molecule has 1 rings (SSSR count). The van der Waals surface area contributed by atoms with E-state index in [1.807, 2.05) is 12.1 Å². The van der Waals surface area contributed by atoms with Crippen LogP contribution >= 0.6 is 0 Å². The molecule has 0 bridgehead atoms. The van der Waals surface area contributed by atoms with E-state index in [9.17, 15) is 0 Å². The lowest BCUT2D eigenvalue weighted by Gasteiger charge is -2.37. The summed E-state index contributed by atoms with van der Waals surface area (Å²) in [5.74, 6) is 0.882. The molecule has 22 heavy (non-hydrogen) atoms. The zero-order valence-corrected chi connectivity index (χ0v) is 18.1. The smallest absolute Gasteiger partial charge is 0.311 e. The molecule has 0 saturated carbocycles. The average Bonchev–Trinajstić information content (AvgIpc) is 2.31. The van der Waals surface area contributed by atoms with Crippen LogP contribution in [0.3, 0.4) is 0 Å². The molecule has 0 amide bonds. The van der Waals surface area contributed by atoms with Crippen molar-refractivity contribution in [1.82, 2.24) is 4.98 Å². The summed E-state index contributed by atoms with van der Waals surface area (Å²) in [7, 11) is -5.28. The van der Waals surface area contributed by atoms with E-state index in [2.05, 4.69) is 50.8 Å². The minimum Gasteiger partial charge on any atom is -0.493 e. The second-order valence-electron chi connectivity index (χ2n) is 7.61. The number of hydrogen-bond acceptors (Lipinski definition) is 4. The van der Waals surface area contributed by atoms with Gasteiger partial charge in [-0.05, 0) is 70.4 Å².